The van der Waals surface area contributed by atoms with Crippen LogP contribution in [0.1, 0.15) is 24.5 Å². The summed E-state index contributed by atoms with van der Waals surface area (Å²) in [6, 6.07) is 5.83. The number of benzene rings is 1. The molecule has 0 aliphatic carbocycles. The van der Waals surface area contributed by atoms with Gasteiger partial charge in [-0.3, -0.25) is 9.48 Å². The number of carbonyl (C=O) groups is 1. The number of rotatable bonds is 6. The summed E-state index contributed by atoms with van der Waals surface area (Å²) in [6.07, 6.45) is 4.94. The maximum absolute atomic E-state index is 12.6. The molecule has 2 aromatic rings. The van der Waals surface area contributed by atoms with Gasteiger partial charge in [0.15, 0.2) is 11.5 Å². The van der Waals surface area contributed by atoms with Gasteiger partial charge in [0, 0.05) is 38.3 Å². The number of hydrogen-bond donors (Lipinski definition) is 0. The second-order valence-corrected chi connectivity index (χ2v) is 5.87. The normalized spacial score (nSPS) is 12.9. The molecule has 0 atom stereocenters. The molecule has 1 amide bonds. The van der Waals surface area contributed by atoms with Gasteiger partial charge in [-0.2, -0.15) is 5.10 Å². The minimum atomic E-state index is 0.135. The van der Waals surface area contributed by atoms with Gasteiger partial charge in [0.25, 0.3) is 0 Å². The Morgan fingerprint density at radius 2 is 2.17 bits per heavy atom. The van der Waals surface area contributed by atoms with Crippen molar-refractivity contribution in [2.45, 2.75) is 26.3 Å². The van der Waals surface area contributed by atoms with Crippen LogP contribution in [0.2, 0.25) is 0 Å². The second kappa shape index (κ2) is 7.38. The van der Waals surface area contributed by atoms with Crippen LogP contribution in [0.25, 0.3) is 0 Å². The van der Waals surface area contributed by atoms with E-state index in [-0.39, 0.29) is 5.91 Å². The molecule has 128 valence electrons. The predicted molar refractivity (Wildman–Crippen MR) is 90.1 cm³/mol. The van der Waals surface area contributed by atoms with E-state index in [1.807, 2.05) is 49.5 Å². The van der Waals surface area contributed by atoms with Crippen molar-refractivity contribution < 1.29 is 14.3 Å². The van der Waals surface area contributed by atoms with E-state index in [1.165, 1.54) is 0 Å². The summed E-state index contributed by atoms with van der Waals surface area (Å²) in [5, 5.41) is 4.14. The lowest BCUT2D eigenvalue weighted by Gasteiger charge is -2.25. The average Bonchev–Trinajstić information content (AvgIpc) is 3.03. The fourth-order valence-corrected chi connectivity index (χ4v) is 2.85. The highest BCUT2D eigenvalue weighted by Gasteiger charge is 2.19. The van der Waals surface area contributed by atoms with Crippen LogP contribution in [0.5, 0.6) is 11.5 Å². The molecule has 1 aliphatic heterocycles. The third-order valence-corrected chi connectivity index (χ3v) is 4.13. The molecule has 0 unspecified atom stereocenters. The van der Waals surface area contributed by atoms with Crippen LogP contribution >= 0.6 is 0 Å². The Morgan fingerprint density at radius 3 is 2.92 bits per heavy atom. The van der Waals surface area contributed by atoms with Crippen LogP contribution in [0.3, 0.4) is 0 Å². The van der Waals surface area contributed by atoms with Crippen LogP contribution in [0, 0.1) is 0 Å². The summed E-state index contributed by atoms with van der Waals surface area (Å²) in [7, 11) is 1.88. The van der Waals surface area contributed by atoms with Gasteiger partial charge in [-0.25, -0.2) is 0 Å². The summed E-state index contributed by atoms with van der Waals surface area (Å²) in [5.74, 6) is 1.66. The van der Waals surface area contributed by atoms with Crippen molar-refractivity contribution in [1.82, 2.24) is 14.7 Å². The standard InChI is InChI=1S/C18H23N3O3/c1-3-21(17(22)8-7-14-11-19-20(2)12-14)13-15-5-4-6-16-18(15)24-10-9-23-16/h4-6,11-12H,3,7-10,13H2,1-2H3. The average molecular weight is 329 g/mol. The molecule has 2 heterocycles. The van der Waals surface area contributed by atoms with Crippen molar-refractivity contribution in [2.24, 2.45) is 7.05 Å². The minimum absolute atomic E-state index is 0.135. The minimum Gasteiger partial charge on any atom is -0.486 e. The van der Waals surface area contributed by atoms with Crippen LogP contribution < -0.4 is 9.47 Å². The zero-order valence-electron chi connectivity index (χ0n) is 14.2. The fraction of sp³-hybridized carbons (Fsp3) is 0.444. The summed E-state index contributed by atoms with van der Waals surface area (Å²) < 4.78 is 13.1. The number of fused-ring (bicyclic) bond motifs is 1. The smallest absolute Gasteiger partial charge is 0.223 e. The summed E-state index contributed by atoms with van der Waals surface area (Å²) in [6.45, 7) is 4.31. The monoisotopic (exact) mass is 329 g/mol. The Morgan fingerprint density at radius 1 is 1.33 bits per heavy atom. The van der Waals surface area contributed by atoms with E-state index in [1.54, 1.807) is 4.68 Å². The maximum atomic E-state index is 12.6. The number of hydrogen-bond acceptors (Lipinski definition) is 4. The summed E-state index contributed by atoms with van der Waals surface area (Å²) in [4.78, 5) is 14.4. The molecular formula is C18H23N3O3. The molecule has 0 radical (unpaired) electrons. The van der Waals surface area contributed by atoms with E-state index < -0.39 is 0 Å². The first-order valence-electron chi connectivity index (χ1n) is 8.30. The zero-order chi connectivity index (χ0) is 16.9. The number of aryl methyl sites for hydroxylation is 2. The van der Waals surface area contributed by atoms with E-state index in [4.69, 9.17) is 9.47 Å². The predicted octanol–water partition coefficient (Wildman–Crippen LogP) is 2.17. The number of para-hydroxylation sites is 1. The quantitative estimate of drug-likeness (QED) is 0.815. The summed E-state index contributed by atoms with van der Waals surface area (Å²) >= 11 is 0. The van der Waals surface area contributed by atoms with E-state index in [0.29, 0.717) is 39.1 Å². The lowest BCUT2D eigenvalue weighted by Crippen LogP contribution is -2.31. The van der Waals surface area contributed by atoms with Gasteiger partial charge < -0.3 is 14.4 Å². The Hall–Kier alpha value is -2.50. The van der Waals surface area contributed by atoms with Gasteiger partial charge in [0.2, 0.25) is 5.91 Å². The molecule has 0 saturated heterocycles. The molecule has 6 heteroatoms. The molecular weight excluding hydrogens is 306 g/mol. The highest BCUT2D eigenvalue weighted by Crippen LogP contribution is 2.34. The first-order chi connectivity index (χ1) is 11.7. The van der Waals surface area contributed by atoms with Crippen LogP contribution in [-0.2, 0) is 24.8 Å². The first-order valence-corrected chi connectivity index (χ1v) is 8.30. The maximum Gasteiger partial charge on any atom is 0.223 e. The van der Waals surface area contributed by atoms with Crippen molar-refractivity contribution in [3.63, 3.8) is 0 Å². The van der Waals surface area contributed by atoms with Crippen molar-refractivity contribution in [3.8, 4) is 11.5 Å². The summed E-state index contributed by atoms with van der Waals surface area (Å²) in [5.41, 5.74) is 2.07. The van der Waals surface area contributed by atoms with Gasteiger partial charge in [-0.1, -0.05) is 12.1 Å². The topological polar surface area (TPSA) is 56.6 Å². The molecule has 1 aliphatic rings. The lowest BCUT2D eigenvalue weighted by molar-refractivity contribution is -0.131. The molecule has 0 spiro atoms. The molecule has 0 saturated carbocycles. The molecule has 0 fully saturated rings. The number of amides is 1. The highest BCUT2D eigenvalue weighted by atomic mass is 16.6. The van der Waals surface area contributed by atoms with Crippen molar-refractivity contribution in [3.05, 3.63) is 41.7 Å². The molecule has 6 nitrogen and oxygen atoms in total. The van der Waals surface area contributed by atoms with E-state index in [2.05, 4.69) is 5.10 Å². The fourth-order valence-electron chi connectivity index (χ4n) is 2.85. The van der Waals surface area contributed by atoms with Crippen molar-refractivity contribution in [2.75, 3.05) is 19.8 Å². The Bertz CT molecular complexity index is 711. The van der Waals surface area contributed by atoms with Gasteiger partial charge in [0.1, 0.15) is 13.2 Å². The zero-order valence-corrected chi connectivity index (χ0v) is 14.2. The Labute approximate surface area is 142 Å². The third-order valence-electron chi connectivity index (χ3n) is 4.13. The number of nitrogens with zero attached hydrogens (tertiary/aromatic N) is 3. The second-order valence-electron chi connectivity index (χ2n) is 5.87. The molecule has 0 bridgehead atoms. The third kappa shape index (κ3) is 3.69. The lowest BCUT2D eigenvalue weighted by atomic mass is 10.1. The van der Waals surface area contributed by atoms with Crippen LogP contribution in [-0.4, -0.2) is 40.3 Å². The molecule has 1 aromatic heterocycles. The molecule has 0 N–H and O–H groups in total. The largest absolute Gasteiger partial charge is 0.486 e. The van der Waals surface area contributed by atoms with Gasteiger partial charge in [0.05, 0.1) is 6.20 Å². The van der Waals surface area contributed by atoms with E-state index >= 15 is 0 Å². The van der Waals surface area contributed by atoms with E-state index in [9.17, 15) is 4.79 Å². The number of carbonyl (C=O) groups excluding carboxylic acids is 1. The molecule has 1 aromatic carbocycles. The van der Waals surface area contributed by atoms with Crippen LogP contribution in [0.15, 0.2) is 30.6 Å². The van der Waals surface area contributed by atoms with Gasteiger partial charge in [-0.15, -0.1) is 0 Å². The highest BCUT2D eigenvalue weighted by molar-refractivity contribution is 5.76. The number of ether oxygens (including phenoxy) is 2. The molecule has 3 rings (SSSR count). The Kier molecular flexibility index (Phi) is 5.03. The first kappa shape index (κ1) is 16.4. The van der Waals surface area contributed by atoms with Gasteiger partial charge >= 0.3 is 0 Å². The van der Waals surface area contributed by atoms with Gasteiger partial charge in [-0.05, 0) is 25.0 Å². The Balaban J connectivity index is 1.65. The van der Waals surface area contributed by atoms with Crippen molar-refractivity contribution >= 4 is 5.91 Å². The van der Waals surface area contributed by atoms with Crippen molar-refractivity contribution in [1.29, 1.82) is 0 Å². The molecule has 24 heavy (non-hydrogen) atoms. The number of aromatic nitrogens is 2. The SMILES string of the molecule is CCN(Cc1cccc2c1OCCO2)C(=O)CCc1cnn(C)c1. The van der Waals surface area contributed by atoms with E-state index in [0.717, 1.165) is 22.6 Å². The van der Waals surface area contributed by atoms with Crippen LogP contribution in [0.4, 0.5) is 0 Å².